The quantitative estimate of drug-likeness (QED) is 0.665. The van der Waals surface area contributed by atoms with E-state index >= 15 is 0 Å². The third kappa shape index (κ3) is 2.83. The summed E-state index contributed by atoms with van der Waals surface area (Å²) in [5, 5.41) is 0. The first kappa shape index (κ1) is 17.0. The zero-order valence-electron chi connectivity index (χ0n) is 12.6. The van der Waals surface area contributed by atoms with E-state index in [9.17, 15) is 0 Å². The first-order chi connectivity index (χ1) is 9.57. The van der Waals surface area contributed by atoms with E-state index in [1.165, 1.54) is 42.7 Å². The molecular formula is C13H21NO6. The van der Waals surface area contributed by atoms with Gasteiger partial charge in [-0.1, -0.05) is 0 Å². The average Bonchev–Trinajstić information content (AvgIpc) is 2.52. The van der Waals surface area contributed by atoms with Gasteiger partial charge in [-0.05, 0) is 6.07 Å². The van der Waals surface area contributed by atoms with Gasteiger partial charge in [0.1, 0.15) is 0 Å². The molecule has 0 atom stereocenters. The number of aromatic nitrogens is 1. The molecular weight excluding hydrogens is 266 g/mol. The zero-order chi connectivity index (χ0) is 15.2. The molecule has 7 nitrogen and oxygen atoms in total. The lowest BCUT2D eigenvalue weighted by Crippen LogP contribution is -2.36. The van der Waals surface area contributed by atoms with Crippen LogP contribution in [0, 0.1) is 0 Å². The van der Waals surface area contributed by atoms with Crippen molar-refractivity contribution in [3.05, 3.63) is 29.6 Å². The summed E-state index contributed by atoms with van der Waals surface area (Å²) in [4.78, 5) is 4.12. The fourth-order valence-electron chi connectivity index (χ4n) is 1.98. The second kappa shape index (κ2) is 7.07. The lowest BCUT2D eigenvalue weighted by Gasteiger charge is -2.32. The molecule has 1 heterocycles. The molecule has 0 radical (unpaired) electrons. The highest BCUT2D eigenvalue weighted by atomic mass is 16.9. The number of rotatable bonds is 8. The van der Waals surface area contributed by atoms with E-state index in [-0.39, 0.29) is 0 Å². The van der Waals surface area contributed by atoms with Crippen LogP contribution >= 0.6 is 0 Å². The highest BCUT2D eigenvalue weighted by Crippen LogP contribution is 2.32. The van der Waals surface area contributed by atoms with Crippen molar-refractivity contribution in [2.24, 2.45) is 0 Å². The van der Waals surface area contributed by atoms with Gasteiger partial charge in [0.25, 0.3) is 0 Å². The standard InChI is InChI=1S/C13H21NO6/c1-15-12(16-2,17-3)10-7-11(9-14-8-10)13(18-4,19-5)20-6/h7-9H,1-6H3. The van der Waals surface area contributed by atoms with E-state index < -0.39 is 11.9 Å². The van der Waals surface area contributed by atoms with Crippen molar-refractivity contribution in [3.8, 4) is 0 Å². The Balaban J connectivity index is 3.32. The number of pyridine rings is 1. The molecule has 114 valence electrons. The molecule has 0 aliphatic rings. The second-order valence-corrected chi connectivity index (χ2v) is 3.80. The molecule has 0 aliphatic heterocycles. The van der Waals surface area contributed by atoms with Crippen LogP contribution in [-0.4, -0.2) is 47.6 Å². The van der Waals surface area contributed by atoms with Crippen molar-refractivity contribution in [2.45, 2.75) is 11.9 Å². The summed E-state index contributed by atoms with van der Waals surface area (Å²) in [6.45, 7) is 0. The van der Waals surface area contributed by atoms with Gasteiger partial charge in [0.2, 0.25) is 0 Å². The second-order valence-electron chi connectivity index (χ2n) is 3.80. The Morgan fingerprint density at radius 3 is 1.20 bits per heavy atom. The Morgan fingerprint density at radius 2 is 0.950 bits per heavy atom. The molecule has 0 aromatic carbocycles. The number of nitrogens with zero attached hydrogens (tertiary/aromatic N) is 1. The maximum absolute atomic E-state index is 5.28. The molecule has 0 aliphatic carbocycles. The molecule has 1 rings (SSSR count). The molecule has 0 N–H and O–H groups in total. The van der Waals surface area contributed by atoms with E-state index in [0.29, 0.717) is 11.1 Å². The Kier molecular flexibility index (Phi) is 6.00. The molecule has 0 spiro atoms. The van der Waals surface area contributed by atoms with E-state index in [4.69, 9.17) is 28.4 Å². The summed E-state index contributed by atoms with van der Waals surface area (Å²) in [5.41, 5.74) is 1.08. The van der Waals surface area contributed by atoms with Crippen molar-refractivity contribution in [2.75, 3.05) is 42.7 Å². The number of hydrogen-bond donors (Lipinski definition) is 0. The predicted molar refractivity (Wildman–Crippen MR) is 69.6 cm³/mol. The van der Waals surface area contributed by atoms with Gasteiger partial charge in [0.15, 0.2) is 0 Å². The Morgan fingerprint density at radius 1 is 0.650 bits per heavy atom. The van der Waals surface area contributed by atoms with Gasteiger partial charge in [-0.3, -0.25) is 4.98 Å². The number of ether oxygens (including phenoxy) is 6. The normalized spacial score (nSPS) is 12.7. The molecule has 0 saturated carbocycles. The summed E-state index contributed by atoms with van der Waals surface area (Å²) in [6, 6.07) is 1.71. The summed E-state index contributed by atoms with van der Waals surface area (Å²) in [6.07, 6.45) is 3.12. The third-order valence-electron chi connectivity index (χ3n) is 3.06. The van der Waals surface area contributed by atoms with Gasteiger partial charge in [-0.15, -0.1) is 0 Å². The fourth-order valence-corrected chi connectivity index (χ4v) is 1.98. The van der Waals surface area contributed by atoms with Crippen molar-refractivity contribution in [1.29, 1.82) is 0 Å². The Hall–Kier alpha value is -1.09. The minimum absolute atomic E-state index is 0.540. The zero-order valence-corrected chi connectivity index (χ0v) is 12.6. The summed E-state index contributed by atoms with van der Waals surface area (Å²) >= 11 is 0. The van der Waals surface area contributed by atoms with Gasteiger partial charge in [-0.25, -0.2) is 0 Å². The summed E-state index contributed by atoms with van der Waals surface area (Å²) in [5.74, 6) is -2.71. The topological polar surface area (TPSA) is 68.3 Å². The molecule has 0 saturated heterocycles. The fraction of sp³-hybridized carbons (Fsp3) is 0.615. The Labute approximate surface area is 118 Å². The van der Waals surface area contributed by atoms with Crippen LogP contribution in [-0.2, 0) is 40.4 Å². The van der Waals surface area contributed by atoms with Gasteiger partial charge in [0, 0.05) is 55.1 Å². The molecule has 0 bridgehead atoms. The van der Waals surface area contributed by atoms with Crippen LogP contribution in [0.1, 0.15) is 11.1 Å². The largest absolute Gasteiger partial charge is 0.327 e. The van der Waals surface area contributed by atoms with Crippen LogP contribution in [0.5, 0.6) is 0 Å². The van der Waals surface area contributed by atoms with Crippen LogP contribution in [0.3, 0.4) is 0 Å². The van der Waals surface area contributed by atoms with E-state index in [1.54, 1.807) is 18.5 Å². The van der Waals surface area contributed by atoms with E-state index in [1.807, 2.05) is 0 Å². The van der Waals surface area contributed by atoms with Crippen LogP contribution in [0.15, 0.2) is 18.5 Å². The van der Waals surface area contributed by atoms with Crippen molar-refractivity contribution in [3.63, 3.8) is 0 Å². The van der Waals surface area contributed by atoms with Crippen molar-refractivity contribution >= 4 is 0 Å². The van der Waals surface area contributed by atoms with E-state index in [0.717, 1.165) is 0 Å². The number of methoxy groups -OCH3 is 6. The molecule has 7 heteroatoms. The SMILES string of the molecule is COC(OC)(OC)c1cncc(C(OC)(OC)OC)c1. The van der Waals surface area contributed by atoms with E-state index in [2.05, 4.69) is 4.98 Å². The van der Waals surface area contributed by atoms with Crippen LogP contribution < -0.4 is 0 Å². The van der Waals surface area contributed by atoms with Crippen LogP contribution in [0.25, 0.3) is 0 Å². The smallest absolute Gasteiger partial charge is 0.312 e. The molecule has 0 fully saturated rings. The number of hydrogen-bond acceptors (Lipinski definition) is 7. The molecule has 0 amide bonds. The maximum Gasteiger partial charge on any atom is 0.312 e. The van der Waals surface area contributed by atoms with Crippen LogP contribution in [0.2, 0.25) is 0 Å². The van der Waals surface area contributed by atoms with Gasteiger partial charge < -0.3 is 28.4 Å². The monoisotopic (exact) mass is 287 g/mol. The third-order valence-corrected chi connectivity index (χ3v) is 3.06. The predicted octanol–water partition coefficient (Wildman–Crippen LogP) is 1.18. The first-order valence-corrected chi connectivity index (χ1v) is 5.85. The van der Waals surface area contributed by atoms with Crippen LogP contribution in [0.4, 0.5) is 0 Å². The molecule has 0 unspecified atom stereocenters. The summed E-state index contributed by atoms with van der Waals surface area (Å²) in [7, 11) is 8.81. The minimum atomic E-state index is -1.36. The lowest BCUT2D eigenvalue weighted by atomic mass is 10.1. The van der Waals surface area contributed by atoms with Gasteiger partial charge in [-0.2, -0.15) is 0 Å². The minimum Gasteiger partial charge on any atom is -0.327 e. The highest BCUT2D eigenvalue weighted by molar-refractivity contribution is 5.23. The Bertz CT molecular complexity index is 365. The average molecular weight is 287 g/mol. The van der Waals surface area contributed by atoms with Crippen molar-refractivity contribution < 1.29 is 28.4 Å². The molecule has 1 aromatic rings. The first-order valence-electron chi connectivity index (χ1n) is 5.85. The van der Waals surface area contributed by atoms with Gasteiger partial charge in [0.05, 0.1) is 11.1 Å². The van der Waals surface area contributed by atoms with Crippen molar-refractivity contribution in [1.82, 2.24) is 4.98 Å². The summed E-state index contributed by atoms with van der Waals surface area (Å²) < 4.78 is 31.7. The maximum atomic E-state index is 5.28. The molecule has 1 aromatic heterocycles. The lowest BCUT2D eigenvalue weighted by molar-refractivity contribution is -0.368. The highest BCUT2D eigenvalue weighted by Gasteiger charge is 2.38. The van der Waals surface area contributed by atoms with Gasteiger partial charge >= 0.3 is 11.9 Å². The molecule has 20 heavy (non-hydrogen) atoms.